The van der Waals surface area contributed by atoms with Gasteiger partial charge in [0.05, 0.1) is 6.04 Å². The Kier molecular flexibility index (Phi) is 13.0. The van der Waals surface area contributed by atoms with Gasteiger partial charge in [-0.15, -0.1) is 24.8 Å². The van der Waals surface area contributed by atoms with E-state index in [1.807, 2.05) is 34.9 Å². The van der Waals surface area contributed by atoms with Crippen molar-refractivity contribution in [2.75, 3.05) is 27.2 Å². The van der Waals surface area contributed by atoms with E-state index in [9.17, 15) is 4.79 Å². The van der Waals surface area contributed by atoms with Gasteiger partial charge in [-0.1, -0.05) is 20.8 Å². The summed E-state index contributed by atoms with van der Waals surface area (Å²) in [6.07, 6.45) is 0.954. The molecule has 0 unspecified atom stereocenters. The normalized spacial score (nSPS) is 12.4. The maximum absolute atomic E-state index is 11.6. The molecule has 0 aliphatic carbocycles. The monoisotopic (exact) mass is 287 g/mol. The van der Waals surface area contributed by atoms with Crippen LogP contribution in [0.2, 0.25) is 0 Å². The molecule has 106 valence electrons. The first-order valence-corrected chi connectivity index (χ1v) is 5.43. The lowest BCUT2D eigenvalue weighted by Crippen LogP contribution is -2.48. The highest BCUT2D eigenvalue weighted by Crippen LogP contribution is 2.16. The zero-order valence-corrected chi connectivity index (χ0v) is 13.1. The van der Waals surface area contributed by atoms with E-state index >= 15 is 0 Å². The molecule has 6 heteroatoms. The van der Waals surface area contributed by atoms with Gasteiger partial charge in [0.15, 0.2) is 0 Å². The fourth-order valence-electron chi connectivity index (χ4n) is 1.11. The van der Waals surface area contributed by atoms with Crippen molar-refractivity contribution in [3.63, 3.8) is 0 Å². The standard InChI is InChI=1S/C11H25N3O.2ClH/c1-11(2,3)9(12)10(15)13-7-6-8-14(4)5;;/h9H,6-8,12H2,1-5H3,(H,13,15);2*1H/t9-;;/m1../s1. The van der Waals surface area contributed by atoms with Crippen LogP contribution in [0.3, 0.4) is 0 Å². The van der Waals surface area contributed by atoms with Gasteiger partial charge in [0.2, 0.25) is 5.91 Å². The third-order valence-electron chi connectivity index (χ3n) is 2.30. The SMILES string of the molecule is CN(C)CCCNC(=O)[C@@H](N)C(C)(C)C.Cl.Cl. The van der Waals surface area contributed by atoms with Gasteiger partial charge in [-0.05, 0) is 32.5 Å². The Morgan fingerprint density at radius 2 is 1.76 bits per heavy atom. The number of hydrogen-bond acceptors (Lipinski definition) is 3. The number of amides is 1. The molecule has 0 saturated heterocycles. The number of carbonyl (C=O) groups excluding carboxylic acids is 1. The summed E-state index contributed by atoms with van der Waals surface area (Å²) in [7, 11) is 4.03. The second-order valence-corrected chi connectivity index (χ2v) is 5.29. The van der Waals surface area contributed by atoms with Crippen molar-refractivity contribution in [2.45, 2.75) is 33.2 Å². The molecule has 0 aromatic carbocycles. The van der Waals surface area contributed by atoms with Crippen molar-refractivity contribution in [2.24, 2.45) is 11.1 Å². The summed E-state index contributed by atoms with van der Waals surface area (Å²) in [5, 5.41) is 2.85. The van der Waals surface area contributed by atoms with Crippen molar-refractivity contribution >= 4 is 30.7 Å². The first kappa shape index (κ1) is 22.2. The molecule has 0 spiro atoms. The van der Waals surface area contributed by atoms with Crippen molar-refractivity contribution in [1.82, 2.24) is 10.2 Å². The third-order valence-corrected chi connectivity index (χ3v) is 2.30. The molecule has 0 fully saturated rings. The van der Waals surface area contributed by atoms with Gasteiger partial charge < -0.3 is 16.0 Å². The minimum Gasteiger partial charge on any atom is -0.355 e. The molecular weight excluding hydrogens is 261 g/mol. The molecule has 0 heterocycles. The summed E-state index contributed by atoms with van der Waals surface area (Å²) >= 11 is 0. The number of nitrogens with zero attached hydrogens (tertiary/aromatic N) is 1. The molecule has 4 nitrogen and oxygen atoms in total. The Morgan fingerprint density at radius 3 is 2.12 bits per heavy atom. The predicted molar refractivity (Wildman–Crippen MR) is 78.1 cm³/mol. The van der Waals surface area contributed by atoms with Gasteiger partial charge in [0.25, 0.3) is 0 Å². The van der Waals surface area contributed by atoms with E-state index in [2.05, 4.69) is 10.2 Å². The number of rotatable bonds is 5. The maximum Gasteiger partial charge on any atom is 0.237 e. The molecule has 0 aliphatic rings. The highest BCUT2D eigenvalue weighted by Gasteiger charge is 2.26. The van der Waals surface area contributed by atoms with E-state index in [-0.39, 0.29) is 36.1 Å². The van der Waals surface area contributed by atoms with Gasteiger partial charge in [-0.2, -0.15) is 0 Å². The van der Waals surface area contributed by atoms with Gasteiger partial charge in [-0.3, -0.25) is 4.79 Å². The lowest BCUT2D eigenvalue weighted by atomic mass is 9.87. The number of carbonyl (C=O) groups is 1. The van der Waals surface area contributed by atoms with Crippen molar-refractivity contribution in [3.8, 4) is 0 Å². The van der Waals surface area contributed by atoms with Crippen LogP contribution in [0.1, 0.15) is 27.2 Å². The first-order chi connectivity index (χ1) is 6.75. The van der Waals surface area contributed by atoms with E-state index in [1.165, 1.54) is 0 Å². The summed E-state index contributed by atoms with van der Waals surface area (Å²) in [5.41, 5.74) is 5.64. The number of hydrogen-bond donors (Lipinski definition) is 2. The molecule has 17 heavy (non-hydrogen) atoms. The molecule has 0 aromatic heterocycles. The van der Waals surface area contributed by atoms with Crippen LogP contribution in [-0.4, -0.2) is 44.0 Å². The molecule has 0 rings (SSSR count). The van der Waals surface area contributed by atoms with Crippen LogP contribution < -0.4 is 11.1 Å². The molecular formula is C11H27Cl2N3O. The quantitative estimate of drug-likeness (QED) is 0.749. The average molecular weight is 288 g/mol. The van der Waals surface area contributed by atoms with Crippen molar-refractivity contribution < 1.29 is 4.79 Å². The van der Waals surface area contributed by atoms with Crippen LogP contribution >= 0.6 is 24.8 Å². The molecule has 0 bridgehead atoms. The summed E-state index contributed by atoms with van der Waals surface area (Å²) in [6.45, 7) is 7.58. The lowest BCUT2D eigenvalue weighted by Gasteiger charge is -2.25. The van der Waals surface area contributed by atoms with Gasteiger partial charge in [-0.25, -0.2) is 0 Å². The van der Waals surface area contributed by atoms with Crippen molar-refractivity contribution in [1.29, 1.82) is 0 Å². The summed E-state index contributed by atoms with van der Waals surface area (Å²) in [5.74, 6) is -0.0544. The van der Waals surface area contributed by atoms with E-state index in [0.717, 1.165) is 13.0 Å². The van der Waals surface area contributed by atoms with Crippen LogP contribution in [0.25, 0.3) is 0 Å². The Morgan fingerprint density at radius 1 is 1.29 bits per heavy atom. The molecule has 0 radical (unpaired) electrons. The van der Waals surface area contributed by atoms with Crippen LogP contribution in [0.4, 0.5) is 0 Å². The van der Waals surface area contributed by atoms with E-state index in [0.29, 0.717) is 6.54 Å². The van der Waals surface area contributed by atoms with Crippen LogP contribution in [-0.2, 0) is 4.79 Å². The Bertz CT molecular complexity index is 205. The van der Waals surface area contributed by atoms with Crippen LogP contribution in [0.5, 0.6) is 0 Å². The van der Waals surface area contributed by atoms with E-state index in [1.54, 1.807) is 0 Å². The zero-order valence-electron chi connectivity index (χ0n) is 11.4. The Hall–Kier alpha value is -0.0300. The molecule has 0 aromatic rings. The number of halogens is 2. The molecule has 1 amide bonds. The average Bonchev–Trinajstić information content (AvgIpc) is 2.09. The lowest BCUT2D eigenvalue weighted by molar-refractivity contribution is -0.124. The Balaban J connectivity index is -0.000000980. The fraction of sp³-hybridized carbons (Fsp3) is 0.909. The summed E-state index contributed by atoms with van der Waals surface area (Å²) in [6, 6.07) is -0.433. The van der Waals surface area contributed by atoms with E-state index in [4.69, 9.17) is 5.73 Å². The highest BCUT2D eigenvalue weighted by atomic mass is 35.5. The minimum absolute atomic E-state index is 0. The fourth-order valence-corrected chi connectivity index (χ4v) is 1.11. The Labute approximate surface area is 118 Å². The predicted octanol–water partition coefficient (Wildman–Crippen LogP) is 1.27. The van der Waals surface area contributed by atoms with Crippen LogP contribution in [0.15, 0.2) is 0 Å². The number of nitrogens with two attached hydrogens (primary N) is 1. The molecule has 0 saturated carbocycles. The zero-order chi connectivity index (χ0) is 12.1. The molecule has 0 aliphatic heterocycles. The van der Waals surface area contributed by atoms with Crippen molar-refractivity contribution in [3.05, 3.63) is 0 Å². The van der Waals surface area contributed by atoms with Gasteiger partial charge in [0.1, 0.15) is 0 Å². The summed E-state index contributed by atoms with van der Waals surface area (Å²) in [4.78, 5) is 13.7. The van der Waals surface area contributed by atoms with Gasteiger partial charge >= 0.3 is 0 Å². The van der Waals surface area contributed by atoms with E-state index < -0.39 is 6.04 Å². The second kappa shape index (κ2) is 9.95. The van der Waals surface area contributed by atoms with Crippen LogP contribution in [0, 0.1) is 5.41 Å². The highest BCUT2D eigenvalue weighted by molar-refractivity contribution is 5.85. The topological polar surface area (TPSA) is 58.4 Å². The summed E-state index contributed by atoms with van der Waals surface area (Å²) < 4.78 is 0. The first-order valence-electron chi connectivity index (χ1n) is 5.43. The largest absolute Gasteiger partial charge is 0.355 e. The maximum atomic E-state index is 11.6. The second-order valence-electron chi connectivity index (χ2n) is 5.29. The minimum atomic E-state index is -0.433. The molecule has 3 N–H and O–H groups in total. The number of nitrogens with one attached hydrogen (secondary N) is 1. The smallest absolute Gasteiger partial charge is 0.237 e. The molecule has 1 atom stereocenters. The van der Waals surface area contributed by atoms with Gasteiger partial charge in [0, 0.05) is 6.54 Å². The third kappa shape index (κ3) is 10.8.